The number of carbonyl (C=O) groups is 1. The second kappa shape index (κ2) is 5.33. The van der Waals surface area contributed by atoms with Crippen molar-refractivity contribution in [2.75, 3.05) is 17.7 Å². The molecule has 2 N–H and O–H groups in total. The van der Waals surface area contributed by atoms with Gasteiger partial charge in [0.1, 0.15) is 0 Å². The largest absolute Gasteiger partial charge is 0.399 e. The number of halogens is 1. The number of hydrogen-bond donors (Lipinski definition) is 1. The van der Waals surface area contributed by atoms with Crippen LogP contribution >= 0.6 is 11.6 Å². The van der Waals surface area contributed by atoms with Gasteiger partial charge in [-0.3, -0.25) is 4.79 Å². The zero-order chi connectivity index (χ0) is 14.0. The lowest BCUT2D eigenvalue weighted by atomic mass is 10.1. The van der Waals surface area contributed by atoms with Gasteiger partial charge in [-0.05, 0) is 55.0 Å². The Hall–Kier alpha value is -2.00. The van der Waals surface area contributed by atoms with E-state index in [4.69, 9.17) is 17.3 Å². The molecule has 0 aromatic heterocycles. The third-order valence-corrected chi connectivity index (χ3v) is 3.22. The summed E-state index contributed by atoms with van der Waals surface area (Å²) in [6, 6.07) is 12.3. The molecule has 2 rings (SSSR count). The van der Waals surface area contributed by atoms with Crippen LogP contribution in [0.15, 0.2) is 42.5 Å². The van der Waals surface area contributed by atoms with Crippen molar-refractivity contribution >= 4 is 28.9 Å². The van der Waals surface area contributed by atoms with Crippen LogP contribution in [-0.4, -0.2) is 13.0 Å². The molecule has 0 saturated heterocycles. The maximum atomic E-state index is 12.3. The van der Waals surface area contributed by atoms with Crippen molar-refractivity contribution in [1.82, 2.24) is 0 Å². The predicted molar refractivity (Wildman–Crippen MR) is 79.8 cm³/mol. The fourth-order valence-corrected chi connectivity index (χ4v) is 2.15. The molecule has 1 amide bonds. The van der Waals surface area contributed by atoms with Gasteiger partial charge in [0.2, 0.25) is 0 Å². The summed E-state index contributed by atoms with van der Waals surface area (Å²) >= 11 is 5.92. The SMILES string of the molecule is Cc1cc(Cl)ccc1N(C)C(=O)c1ccc(N)cc1. The number of benzene rings is 2. The van der Waals surface area contributed by atoms with Crippen molar-refractivity contribution in [3.8, 4) is 0 Å². The first-order valence-corrected chi connectivity index (χ1v) is 6.26. The molecule has 2 aromatic rings. The summed E-state index contributed by atoms with van der Waals surface area (Å²) in [4.78, 5) is 14.0. The summed E-state index contributed by atoms with van der Waals surface area (Å²) in [6.45, 7) is 1.92. The molecule has 3 nitrogen and oxygen atoms in total. The quantitative estimate of drug-likeness (QED) is 0.852. The third kappa shape index (κ3) is 2.88. The summed E-state index contributed by atoms with van der Waals surface area (Å²) in [5.41, 5.74) is 8.66. The standard InChI is InChI=1S/C15H15ClN2O/c1-10-9-12(16)5-8-14(10)18(2)15(19)11-3-6-13(17)7-4-11/h3-9H,17H2,1-2H3. The van der Waals surface area contributed by atoms with Gasteiger partial charge in [-0.15, -0.1) is 0 Å². The molecular formula is C15H15ClN2O. The minimum Gasteiger partial charge on any atom is -0.399 e. The van der Waals surface area contributed by atoms with Gasteiger partial charge in [0.05, 0.1) is 0 Å². The van der Waals surface area contributed by atoms with Crippen LogP contribution in [0.5, 0.6) is 0 Å². The van der Waals surface area contributed by atoms with Crippen molar-refractivity contribution in [3.63, 3.8) is 0 Å². The van der Waals surface area contributed by atoms with Crippen molar-refractivity contribution in [2.45, 2.75) is 6.92 Å². The summed E-state index contributed by atoms with van der Waals surface area (Å²) in [5.74, 6) is -0.0783. The molecule has 4 heteroatoms. The third-order valence-electron chi connectivity index (χ3n) is 2.98. The first-order chi connectivity index (χ1) is 8.99. The van der Waals surface area contributed by atoms with E-state index in [2.05, 4.69) is 0 Å². The van der Waals surface area contributed by atoms with Crippen LogP contribution in [0.4, 0.5) is 11.4 Å². The average molecular weight is 275 g/mol. The van der Waals surface area contributed by atoms with Crippen LogP contribution in [0.2, 0.25) is 5.02 Å². The first-order valence-electron chi connectivity index (χ1n) is 5.89. The van der Waals surface area contributed by atoms with E-state index in [1.807, 2.05) is 19.1 Å². The molecule has 0 radical (unpaired) electrons. The van der Waals surface area contributed by atoms with Crippen LogP contribution in [0.1, 0.15) is 15.9 Å². The normalized spacial score (nSPS) is 10.3. The van der Waals surface area contributed by atoms with E-state index in [9.17, 15) is 4.79 Å². The van der Waals surface area contributed by atoms with Gasteiger partial charge in [0, 0.05) is 29.0 Å². The number of hydrogen-bond acceptors (Lipinski definition) is 2. The number of carbonyl (C=O) groups excluding carboxylic acids is 1. The molecule has 0 unspecified atom stereocenters. The van der Waals surface area contributed by atoms with Crippen LogP contribution in [0, 0.1) is 6.92 Å². The van der Waals surface area contributed by atoms with E-state index in [0.29, 0.717) is 16.3 Å². The van der Waals surface area contributed by atoms with Crippen LogP contribution < -0.4 is 10.6 Å². The van der Waals surface area contributed by atoms with Gasteiger partial charge in [-0.25, -0.2) is 0 Å². The van der Waals surface area contributed by atoms with Gasteiger partial charge in [-0.2, -0.15) is 0 Å². The van der Waals surface area contributed by atoms with Crippen LogP contribution in [0.25, 0.3) is 0 Å². The van der Waals surface area contributed by atoms with Crippen molar-refractivity contribution in [2.24, 2.45) is 0 Å². The molecule has 0 atom stereocenters. The Morgan fingerprint density at radius 1 is 1.16 bits per heavy atom. The average Bonchev–Trinajstić information content (AvgIpc) is 2.38. The van der Waals surface area contributed by atoms with Gasteiger partial charge in [-0.1, -0.05) is 11.6 Å². The molecule has 0 aliphatic rings. The summed E-state index contributed by atoms with van der Waals surface area (Å²) < 4.78 is 0. The lowest BCUT2D eigenvalue weighted by Gasteiger charge is -2.19. The smallest absolute Gasteiger partial charge is 0.258 e. The molecule has 98 valence electrons. The lowest BCUT2D eigenvalue weighted by molar-refractivity contribution is 0.0993. The maximum absolute atomic E-state index is 12.3. The fraction of sp³-hybridized carbons (Fsp3) is 0.133. The second-order valence-corrected chi connectivity index (χ2v) is 4.85. The fourth-order valence-electron chi connectivity index (χ4n) is 1.92. The van der Waals surface area contributed by atoms with E-state index < -0.39 is 0 Å². The Balaban J connectivity index is 2.30. The second-order valence-electron chi connectivity index (χ2n) is 4.42. The van der Waals surface area contributed by atoms with Crippen molar-refractivity contribution in [3.05, 3.63) is 58.6 Å². The number of amides is 1. The highest BCUT2D eigenvalue weighted by Crippen LogP contribution is 2.24. The summed E-state index contributed by atoms with van der Waals surface area (Å²) in [6.07, 6.45) is 0. The molecule has 0 aliphatic carbocycles. The summed E-state index contributed by atoms with van der Waals surface area (Å²) in [5, 5.41) is 0.662. The van der Waals surface area contributed by atoms with Gasteiger partial charge in [0.25, 0.3) is 5.91 Å². The summed E-state index contributed by atoms with van der Waals surface area (Å²) in [7, 11) is 1.74. The highest BCUT2D eigenvalue weighted by Gasteiger charge is 2.15. The van der Waals surface area contributed by atoms with Crippen LogP contribution in [0.3, 0.4) is 0 Å². The predicted octanol–water partition coefficient (Wildman–Crippen LogP) is 3.51. The van der Waals surface area contributed by atoms with Crippen molar-refractivity contribution < 1.29 is 4.79 Å². The topological polar surface area (TPSA) is 46.3 Å². The number of rotatable bonds is 2. The minimum absolute atomic E-state index is 0.0783. The van der Waals surface area contributed by atoms with E-state index in [0.717, 1.165) is 11.3 Å². The highest BCUT2D eigenvalue weighted by molar-refractivity contribution is 6.30. The molecule has 0 saturated carbocycles. The van der Waals surface area contributed by atoms with Gasteiger partial charge in [0.15, 0.2) is 0 Å². The first kappa shape index (κ1) is 13.4. The molecule has 0 fully saturated rings. The number of nitrogen functional groups attached to an aromatic ring is 1. The van der Waals surface area contributed by atoms with E-state index in [1.165, 1.54) is 0 Å². The minimum atomic E-state index is -0.0783. The molecular weight excluding hydrogens is 260 g/mol. The van der Waals surface area contributed by atoms with Crippen molar-refractivity contribution in [1.29, 1.82) is 0 Å². The Morgan fingerprint density at radius 2 is 1.79 bits per heavy atom. The van der Waals surface area contributed by atoms with Gasteiger partial charge >= 0.3 is 0 Å². The monoisotopic (exact) mass is 274 g/mol. The Kier molecular flexibility index (Phi) is 3.76. The Labute approximate surface area is 117 Å². The molecule has 0 spiro atoms. The molecule has 0 heterocycles. The van der Waals surface area contributed by atoms with E-state index in [-0.39, 0.29) is 5.91 Å². The lowest BCUT2D eigenvalue weighted by Crippen LogP contribution is -2.26. The van der Waals surface area contributed by atoms with E-state index in [1.54, 1.807) is 42.3 Å². The molecule has 0 aliphatic heterocycles. The Bertz CT molecular complexity index is 608. The Morgan fingerprint density at radius 3 is 2.37 bits per heavy atom. The molecule has 2 aromatic carbocycles. The van der Waals surface area contributed by atoms with Crippen LogP contribution in [-0.2, 0) is 0 Å². The van der Waals surface area contributed by atoms with Gasteiger partial charge < -0.3 is 10.6 Å². The number of nitrogens with zero attached hydrogens (tertiary/aromatic N) is 1. The number of nitrogens with two attached hydrogens (primary N) is 1. The number of anilines is 2. The number of aryl methyl sites for hydroxylation is 1. The molecule has 0 bridgehead atoms. The zero-order valence-electron chi connectivity index (χ0n) is 10.9. The zero-order valence-corrected chi connectivity index (χ0v) is 11.6. The highest BCUT2D eigenvalue weighted by atomic mass is 35.5. The maximum Gasteiger partial charge on any atom is 0.258 e. The molecule has 19 heavy (non-hydrogen) atoms. The van der Waals surface area contributed by atoms with E-state index >= 15 is 0 Å².